The van der Waals surface area contributed by atoms with E-state index in [2.05, 4.69) is 26.9 Å². The molecule has 1 aliphatic heterocycles. The van der Waals surface area contributed by atoms with Gasteiger partial charge in [-0.05, 0) is 0 Å². The second kappa shape index (κ2) is 6.54. The number of hydrogen-bond acceptors (Lipinski definition) is 9. The van der Waals surface area contributed by atoms with Crippen molar-refractivity contribution in [2.75, 3.05) is 12.8 Å². The minimum atomic E-state index is -4.75. The van der Waals surface area contributed by atoms with Gasteiger partial charge in [0.1, 0.15) is 18.8 Å². The maximum Gasteiger partial charge on any atom is 0.362 e. The van der Waals surface area contributed by atoms with Crippen LogP contribution in [0.2, 0.25) is 0 Å². The van der Waals surface area contributed by atoms with E-state index in [9.17, 15) is 18.0 Å². The standard InChI is InChI=1S/C11H13N5O6S2/c1-3-6-8(10(18)16(6)24(19,20)21)14-9(17)7(15-22-2)5-4-23-11(12)13-5/h3-4,6,8H,1H2,2H3,(H2,12,13)(H,14,17)(H,19,20,21)/b15-7-/t6-,8+/m1/s1. The Morgan fingerprint density at radius 1 is 1.67 bits per heavy atom. The number of rotatable bonds is 6. The zero-order valence-electron chi connectivity index (χ0n) is 12.2. The molecule has 0 spiro atoms. The van der Waals surface area contributed by atoms with E-state index in [-0.39, 0.29) is 20.8 Å². The summed E-state index contributed by atoms with van der Waals surface area (Å²) < 4.78 is 31.4. The van der Waals surface area contributed by atoms with Gasteiger partial charge in [0.2, 0.25) is 0 Å². The van der Waals surface area contributed by atoms with E-state index in [4.69, 9.17) is 10.3 Å². The van der Waals surface area contributed by atoms with Crippen molar-refractivity contribution in [3.05, 3.63) is 23.7 Å². The molecule has 13 heteroatoms. The van der Waals surface area contributed by atoms with Crippen molar-refractivity contribution in [2.24, 2.45) is 5.16 Å². The fourth-order valence-corrected chi connectivity index (χ4v) is 3.44. The Labute approximate surface area is 140 Å². The summed E-state index contributed by atoms with van der Waals surface area (Å²) in [5.41, 5.74) is 5.38. The van der Waals surface area contributed by atoms with Crippen LogP contribution < -0.4 is 11.1 Å². The average Bonchev–Trinajstić information content (AvgIpc) is 2.91. The van der Waals surface area contributed by atoms with Crippen molar-refractivity contribution in [3.8, 4) is 0 Å². The van der Waals surface area contributed by atoms with Crippen LogP contribution in [0.5, 0.6) is 0 Å². The summed E-state index contributed by atoms with van der Waals surface area (Å²) in [5.74, 6) is -1.84. The number of anilines is 1. The van der Waals surface area contributed by atoms with Crippen LogP contribution >= 0.6 is 11.3 Å². The van der Waals surface area contributed by atoms with Gasteiger partial charge in [-0.15, -0.1) is 17.9 Å². The number of thiazole rings is 1. The molecule has 11 nitrogen and oxygen atoms in total. The summed E-state index contributed by atoms with van der Waals surface area (Å²) in [6, 6.07) is -2.35. The van der Waals surface area contributed by atoms with Crippen LogP contribution in [0.4, 0.5) is 5.13 Å². The van der Waals surface area contributed by atoms with Gasteiger partial charge in [0, 0.05) is 5.38 Å². The third-order valence-corrected chi connectivity index (χ3v) is 4.63. The summed E-state index contributed by atoms with van der Waals surface area (Å²) >= 11 is 1.07. The molecule has 0 bridgehead atoms. The number of carbonyl (C=O) groups excluding carboxylic acids is 2. The highest BCUT2D eigenvalue weighted by molar-refractivity contribution is 7.84. The van der Waals surface area contributed by atoms with Crippen LogP contribution in [0, 0.1) is 0 Å². The first-order valence-electron chi connectivity index (χ1n) is 6.27. The number of oxime groups is 1. The Hall–Kier alpha value is -2.51. The van der Waals surface area contributed by atoms with Crippen LogP contribution in [0.15, 0.2) is 23.2 Å². The Morgan fingerprint density at radius 2 is 2.33 bits per heavy atom. The lowest BCUT2D eigenvalue weighted by molar-refractivity contribution is -0.142. The summed E-state index contributed by atoms with van der Waals surface area (Å²) in [7, 11) is -3.53. The molecular formula is C11H13N5O6S2. The predicted octanol–water partition coefficient (Wildman–Crippen LogP) is -1.24. The lowest BCUT2D eigenvalue weighted by Crippen LogP contribution is -2.71. The summed E-state index contributed by atoms with van der Waals surface area (Å²) in [4.78, 5) is 32.6. The molecule has 1 aliphatic rings. The molecule has 1 saturated heterocycles. The first kappa shape index (κ1) is 17.8. The van der Waals surface area contributed by atoms with Gasteiger partial charge in [0.05, 0.1) is 6.04 Å². The molecule has 4 N–H and O–H groups in total. The third-order valence-electron chi connectivity index (χ3n) is 3.03. The van der Waals surface area contributed by atoms with Crippen LogP contribution in [0.3, 0.4) is 0 Å². The highest BCUT2D eigenvalue weighted by Crippen LogP contribution is 2.24. The molecular weight excluding hydrogens is 362 g/mol. The van der Waals surface area contributed by atoms with E-state index in [0.717, 1.165) is 17.4 Å². The minimum Gasteiger partial charge on any atom is -0.398 e. The van der Waals surface area contributed by atoms with Gasteiger partial charge >= 0.3 is 10.3 Å². The van der Waals surface area contributed by atoms with E-state index >= 15 is 0 Å². The van der Waals surface area contributed by atoms with Gasteiger partial charge in [0.15, 0.2) is 10.8 Å². The molecule has 0 aliphatic carbocycles. The summed E-state index contributed by atoms with van der Waals surface area (Å²) in [5, 5.41) is 7.50. The van der Waals surface area contributed by atoms with Gasteiger partial charge in [-0.2, -0.15) is 8.42 Å². The molecule has 1 aromatic rings. The zero-order chi connectivity index (χ0) is 18.1. The molecule has 0 radical (unpaired) electrons. The number of hydrogen-bond donors (Lipinski definition) is 3. The van der Waals surface area contributed by atoms with Gasteiger partial charge in [-0.25, -0.2) is 9.29 Å². The van der Waals surface area contributed by atoms with Gasteiger partial charge in [-0.3, -0.25) is 14.1 Å². The SMILES string of the molecule is C=C[C@@H]1[C@H](NC(=O)/C(=N\OC)c2csc(N)n2)C(=O)N1S(=O)(=O)O. The highest BCUT2D eigenvalue weighted by Gasteiger charge is 2.52. The summed E-state index contributed by atoms with van der Waals surface area (Å²) in [6.45, 7) is 3.38. The fraction of sp³-hybridized carbons (Fsp3) is 0.273. The molecule has 130 valence electrons. The smallest absolute Gasteiger partial charge is 0.362 e. The molecule has 2 rings (SSSR count). The fourth-order valence-electron chi connectivity index (χ4n) is 2.03. The first-order chi connectivity index (χ1) is 11.2. The maximum atomic E-state index is 12.3. The molecule has 24 heavy (non-hydrogen) atoms. The highest BCUT2D eigenvalue weighted by atomic mass is 32.2. The zero-order valence-corrected chi connectivity index (χ0v) is 13.9. The van der Waals surface area contributed by atoms with Gasteiger partial charge in [-0.1, -0.05) is 11.2 Å². The van der Waals surface area contributed by atoms with E-state index in [1.54, 1.807) is 0 Å². The number of aromatic nitrogens is 1. The van der Waals surface area contributed by atoms with E-state index in [1.165, 1.54) is 12.5 Å². The minimum absolute atomic E-state index is 0.130. The Morgan fingerprint density at radius 3 is 2.79 bits per heavy atom. The van der Waals surface area contributed by atoms with Gasteiger partial charge < -0.3 is 15.9 Å². The second-order valence-corrected chi connectivity index (χ2v) is 6.66. The van der Waals surface area contributed by atoms with Crippen molar-refractivity contribution in [3.63, 3.8) is 0 Å². The molecule has 2 amide bonds. The number of nitrogen functional groups attached to an aromatic ring is 1. The van der Waals surface area contributed by atoms with Crippen molar-refractivity contribution in [1.29, 1.82) is 0 Å². The van der Waals surface area contributed by atoms with Crippen LogP contribution in [0.1, 0.15) is 5.69 Å². The van der Waals surface area contributed by atoms with E-state index in [1.807, 2.05) is 0 Å². The molecule has 1 aromatic heterocycles. The van der Waals surface area contributed by atoms with Crippen LogP contribution in [-0.4, -0.2) is 59.0 Å². The monoisotopic (exact) mass is 375 g/mol. The lowest BCUT2D eigenvalue weighted by atomic mass is 9.98. The van der Waals surface area contributed by atoms with E-state index in [0.29, 0.717) is 0 Å². The van der Waals surface area contributed by atoms with Crippen molar-refractivity contribution < 1.29 is 27.4 Å². The van der Waals surface area contributed by atoms with Crippen LogP contribution in [0.25, 0.3) is 0 Å². The molecule has 0 saturated carbocycles. The van der Waals surface area contributed by atoms with Crippen molar-refractivity contribution in [2.45, 2.75) is 12.1 Å². The third kappa shape index (κ3) is 3.22. The number of carbonyl (C=O) groups is 2. The van der Waals surface area contributed by atoms with Crippen molar-refractivity contribution >= 4 is 44.3 Å². The summed E-state index contributed by atoms with van der Waals surface area (Å²) in [6.07, 6.45) is 1.11. The first-order valence-corrected chi connectivity index (χ1v) is 8.55. The second-order valence-electron chi connectivity index (χ2n) is 4.48. The number of β-lactam (4-membered cyclic amide) rings is 1. The molecule has 2 heterocycles. The molecule has 0 aromatic carbocycles. The molecule has 0 unspecified atom stereocenters. The Bertz CT molecular complexity index is 817. The molecule has 2 atom stereocenters. The topological polar surface area (TPSA) is 164 Å². The Balaban J connectivity index is 2.21. The molecule has 1 fully saturated rings. The van der Waals surface area contributed by atoms with E-state index < -0.39 is 34.2 Å². The largest absolute Gasteiger partial charge is 0.398 e. The number of nitrogens with one attached hydrogen (secondary N) is 1. The maximum absolute atomic E-state index is 12.3. The number of amides is 2. The van der Waals surface area contributed by atoms with Gasteiger partial charge in [0.25, 0.3) is 11.8 Å². The van der Waals surface area contributed by atoms with Crippen LogP contribution in [-0.2, 0) is 24.7 Å². The average molecular weight is 375 g/mol. The normalized spacial score (nSPS) is 21.2. The van der Waals surface area contributed by atoms with Crippen molar-refractivity contribution in [1.82, 2.24) is 14.6 Å². The number of nitrogens with two attached hydrogens (primary N) is 1. The predicted molar refractivity (Wildman–Crippen MR) is 84.4 cm³/mol. The Kier molecular flexibility index (Phi) is 4.86. The quantitative estimate of drug-likeness (QED) is 0.183. The number of nitrogens with zero attached hydrogens (tertiary/aromatic N) is 3. The lowest BCUT2D eigenvalue weighted by Gasteiger charge is -2.42.